The first kappa shape index (κ1) is 16.2. The number of rotatable bonds is 6. The Morgan fingerprint density at radius 2 is 2.12 bits per heavy atom. The summed E-state index contributed by atoms with van der Waals surface area (Å²) in [5.74, 6) is -0.121. The Bertz CT molecular complexity index is 348. The van der Waals surface area contributed by atoms with Gasteiger partial charge in [0.2, 0.25) is 5.91 Å². The van der Waals surface area contributed by atoms with Gasteiger partial charge in [0.05, 0.1) is 23.9 Å². The molecule has 1 aromatic rings. The lowest BCUT2D eigenvalue weighted by Crippen LogP contribution is -2.30. The molecule has 0 saturated carbocycles. The van der Waals surface area contributed by atoms with Crippen molar-refractivity contribution in [2.24, 2.45) is 0 Å². The van der Waals surface area contributed by atoms with Gasteiger partial charge in [-0.2, -0.15) is 0 Å². The predicted molar refractivity (Wildman–Crippen MR) is 72.1 cm³/mol. The Hall–Kier alpha value is -0.810. The van der Waals surface area contributed by atoms with Crippen LogP contribution < -0.4 is 10.6 Å². The molecule has 1 amide bonds. The number of hydrogen-bond donors (Lipinski definition) is 2. The van der Waals surface area contributed by atoms with Crippen molar-refractivity contribution in [2.75, 3.05) is 32.1 Å². The maximum atomic E-state index is 11.5. The molecule has 2 N–H and O–H groups in total. The van der Waals surface area contributed by atoms with Crippen molar-refractivity contribution in [3.05, 3.63) is 29.3 Å². The molecule has 4 nitrogen and oxygen atoms in total. The molecule has 0 atom stereocenters. The molecule has 0 unspecified atom stereocenters. The molecule has 0 aliphatic rings. The van der Waals surface area contributed by atoms with Gasteiger partial charge in [-0.1, -0.05) is 23.7 Å². The number of para-hydroxylation sites is 1. The number of benzene rings is 1. The van der Waals surface area contributed by atoms with Crippen molar-refractivity contribution in [1.82, 2.24) is 5.32 Å². The van der Waals surface area contributed by atoms with E-state index in [0.717, 1.165) is 0 Å². The highest BCUT2D eigenvalue weighted by molar-refractivity contribution is 6.33. The van der Waals surface area contributed by atoms with E-state index in [1.807, 2.05) is 12.1 Å². The van der Waals surface area contributed by atoms with Crippen molar-refractivity contribution >= 4 is 35.6 Å². The lowest BCUT2D eigenvalue weighted by Gasteiger charge is -2.07. The molecule has 17 heavy (non-hydrogen) atoms. The van der Waals surface area contributed by atoms with Crippen LogP contribution in [0.1, 0.15) is 0 Å². The summed E-state index contributed by atoms with van der Waals surface area (Å²) in [6.07, 6.45) is 0. The predicted octanol–water partition coefficient (Wildman–Crippen LogP) is 1.94. The Kier molecular flexibility index (Phi) is 8.80. The van der Waals surface area contributed by atoms with Gasteiger partial charge in [0, 0.05) is 13.7 Å². The summed E-state index contributed by atoms with van der Waals surface area (Å²) in [7, 11) is 1.62. The third-order valence-corrected chi connectivity index (χ3v) is 2.25. The summed E-state index contributed by atoms with van der Waals surface area (Å²) in [5.41, 5.74) is 0.628. The number of hydrogen-bond acceptors (Lipinski definition) is 3. The highest BCUT2D eigenvalue weighted by Crippen LogP contribution is 2.19. The van der Waals surface area contributed by atoms with Crippen molar-refractivity contribution in [1.29, 1.82) is 0 Å². The fourth-order valence-corrected chi connectivity index (χ4v) is 1.32. The Balaban J connectivity index is 0.00000256. The first-order valence-corrected chi connectivity index (χ1v) is 5.36. The lowest BCUT2D eigenvalue weighted by molar-refractivity contribution is -0.115. The van der Waals surface area contributed by atoms with Gasteiger partial charge in [0.15, 0.2) is 0 Å². The van der Waals surface area contributed by atoms with Crippen LogP contribution in [0.2, 0.25) is 5.02 Å². The van der Waals surface area contributed by atoms with E-state index in [-0.39, 0.29) is 24.9 Å². The van der Waals surface area contributed by atoms with Crippen LogP contribution in [0.3, 0.4) is 0 Å². The molecular formula is C11H16Cl2N2O2. The molecule has 0 saturated heterocycles. The van der Waals surface area contributed by atoms with Crippen LogP contribution in [0, 0.1) is 0 Å². The molecule has 0 heterocycles. The van der Waals surface area contributed by atoms with Gasteiger partial charge < -0.3 is 15.4 Å². The van der Waals surface area contributed by atoms with Crippen LogP contribution in [0.5, 0.6) is 0 Å². The molecule has 1 aromatic carbocycles. The van der Waals surface area contributed by atoms with Gasteiger partial charge in [-0.15, -0.1) is 12.4 Å². The van der Waals surface area contributed by atoms with Gasteiger partial charge >= 0.3 is 0 Å². The molecule has 0 aliphatic heterocycles. The van der Waals surface area contributed by atoms with Crippen LogP contribution in [0.25, 0.3) is 0 Å². The zero-order valence-electron chi connectivity index (χ0n) is 9.53. The molecule has 0 aliphatic carbocycles. The first-order chi connectivity index (χ1) is 7.74. The number of halogens is 2. The molecule has 1 rings (SSSR count). The number of methoxy groups -OCH3 is 1. The molecule has 6 heteroatoms. The van der Waals surface area contributed by atoms with Crippen LogP contribution in [0.15, 0.2) is 24.3 Å². The highest BCUT2D eigenvalue weighted by atomic mass is 35.5. The van der Waals surface area contributed by atoms with Gasteiger partial charge in [-0.05, 0) is 12.1 Å². The van der Waals surface area contributed by atoms with Crippen molar-refractivity contribution in [2.45, 2.75) is 0 Å². The molecule has 96 valence electrons. The molecule has 0 radical (unpaired) electrons. The lowest BCUT2D eigenvalue weighted by atomic mass is 10.3. The normalized spacial score (nSPS) is 9.53. The molecule has 0 spiro atoms. The minimum atomic E-state index is -0.121. The molecule has 0 fully saturated rings. The third kappa shape index (κ3) is 6.48. The summed E-state index contributed by atoms with van der Waals surface area (Å²) >= 11 is 5.90. The first-order valence-electron chi connectivity index (χ1n) is 4.98. The number of ether oxygens (including phenoxy) is 1. The Labute approximate surface area is 112 Å². The smallest absolute Gasteiger partial charge is 0.238 e. The van der Waals surface area contributed by atoms with Crippen LogP contribution >= 0.6 is 24.0 Å². The second-order valence-electron chi connectivity index (χ2n) is 3.20. The summed E-state index contributed by atoms with van der Waals surface area (Å²) in [5, 5.41) is 6.19. The second-order valence-corrected chi connectivity index (χ2v) is 3.60. The third-order valence-electron chi connectivity index (χ3n) is 1.92. The highest BCUT2D eigenvalue weighted by Gasteiger charge is 2.03. The minimum Gasteiger partial charge on any atom is -0.383 e. The van der Waals surface area contributed by atoms with E-state index < -0.39 is 0 Å². The van der Waals surface area contributed by atoms with E-state index in [1.165, 1.54) is 0 Å². The van der Waals surface area contributed by atoms with Crippen molar-refractivity contribution in [3.63, 3.8) is 0 Å². The number of amides is 1. The van der Waals surface area contributed by atoms with Crippen LogP contribution in [-0.4, -0.2) is 32.7 Å². The van der Waals surface area contributed by atoms with Crippen LogP contribution in [0.4, 0.5) is 5.69 Å². The average Bonchev–Trinajstić information content (AvgIpc) is 2.28. The maximum Gasteiger partial charge on any atom is 0.238 e. The summed E-state index contributed by atoms with van der Waals surface area (Å²) < 4.78 is 4.85. The van der Waals surface area contributed by atoms with E-state index >= 15 is 0 Å². The van der Waals surface area contributed by atoms with Crippen LogP contribution in [-0.2, 0) is 9.53 Å². The molecular weight excluding hydrogens is 263 g/mol. The number of carbonyl (C=O) groups excluding carboxylic acids is 1. The Morgan fingerprint density at radius 3 is 2.76 bits per heavy atom. The van der Waals surface area contributed by atoms with Gasteiger partial charge in [0.1, 0.15) is 0 Å². The number of carbonyl (C=O) groups is 1. The minimum absolute atomic E-state index is 0. The van der Waals surface area contributed by atoms with Gasteiger partial charge in [-0.25, -0.2) is 0 Å². The van der Waals surface area contributed by atoms with E-state index in [0.29, 0.717) is 23.9 Å². The topological polar surface area (TPSA) is 50.4 Å². The second kappa shape index (κ2) is 9.24. The Morgan fingerprint density at radius 1 is 1.41 bits per heavy atom. The zero-order chi connectivity index (χ0) is 11.8. The average molecular weight is 279 g/mol. The monoisotopic (exact) mass is 278 g/mol. The zero-order valence-corrected chi connectivity index (χ0v) is 11.1. The number of anilines is 1. The summed E-state index contributed by atoms with van der Waals surface area (Å²) in [6, 6.07) is 7.12. The van der Waals surface area contributed by atoms with E-state index in [4.69, 9.17) is 16.3 Å². The molecule has 0 aromatic heterocycles. The number of nitrogens with one attached hydrogen (secondary N) is 2. The standard InChI is InChI=1S/C11H15ClN2O2.ClH/c1-16-7-6-13-8-11(15)14-10-5-3-2-4-9(10)12;/h2-5,13H,6-8H2,1H3,(H,14,15);1H. The fourth-order valence-electron chi connectivity index (χ4n) is 1.13. The fraction of sp³-hybridized carbons (Fsp3) is 0.364. The summed E-state index contributed by atoms with van der Waals surface area (Å²) in [4.78, 5) is 11.5. The van der Waals surface area contributed by atoms with E-state index in [2.05, 4.69) is 10.6 Å². The van der Waals surface area contributed by atoms with E-state index in [9.17, 15) is 4.79 Å². The molecule has 0 bridgehead atoms. The van der Waals surface area contributed by atoms with Gasteiger partial charge in [0.25, 0.3) is 0 Å². The largest absolute Gasteiger partial charge is 0.383 e. The van der Waals surface area contributed by atoms with E-state index in [1.54, 1.807) is 19.2 Å². The van der Waals surface area contributed by atoms with Gasteiger partial charge in [-0.3, -0.25) is 4.79 Å². The van der Waals surface area contributed by atoms with Crippen molar-refractivity contribution < 1.29 is 9.53 Å². The SMILES string of the molecule is COCCNCC(=O)Nc1ccccc1Cl.Cl. The van der Waals surface area contributed by atoms with Crippen molar-refractivity contribution in [3.8, 4) is 0 Å². The quantitative estimate of drug-likeness (QED) is 0.782. The summed E-state index contributed by atoms with van der Waals surface area (Å²) in [6.45, 7) is 1.47. The maximum absolute atomic E-state index is 11.5.